The van der Waals surface area contributed by atoms with Crippen molar-refractivity contribution >= 4 is 23.6 Å². The zero-order valence-electron chi connectivity index (χ0n) is 13.6. The Labute approximate surface area is 148 Å². The van der Waals surface area contributed by atoms with Gasteiger partial charge in [-0.05, 0) is 24.6 Å². The SMILES string of the molecule is COc1cc([C@@H]2SCC(=O)N2NC(=O)c2cnc(C)cn2)ccc1O. The Morgan fingerprint density at radius 3 is 2.88 bits per heavy atom. The lowest BCUT2D eigenvalue weighted by Crippen LogP contribution is -2.44. The Morgan fingerprint density at radius 2 is 2.20 bits per heavy atom. The summed E-state index contributed by atoms with van der Waals surface area (Å²) in [6, 6.07) is 4.80. The van der Waals surface area contributed by atoms with Crippen LogP contribution in [-0.2, 0) is 4.79 Å². The van der Waals surface area contributed by atoms with E-state index in [0.717, 1.165) is 5.56 Å². The number of thioether (sulfide) groups is 1. The average molecular weight is 360 g/mol. The quantitative estimate of drug-likeness (QED) is 0.849. The summed E-state index contributed by atoms with van der Waals surface area (Å²) in [5, 5.41) is 10.6. The molecule has 1 saturated heterocycles. The number of hydrazine groups is 1. The lowest BCUT2D eigenvalue weighted by atomic mass is 10.2. The van der Waals surface area contributed by atoms with Crippen LogP contribution in [0.1, 0.15) is 27.1 Å². The number of hydrogen-bond donors (Lipinski definition) is 2. The zero-order valence-corrected chi connectivity index (χ0v) is 14.4. The van der Waals surface area contributed by atoms with Crippen molar-refractivity contribution in [3.8, 4) is 11.5 Å². The van der Waals surface area contributed by atoms with Crippen molar-refractivity contribution in [1.82, 2.24) is 20.4 Å². The monoisotopic (exact) mass is 360 g/mol. The van der Waals surface area contributed by atoms with Gasteiger partial charge >= 0.3 is 0 Å². The molecule has 0 saturated carbocycles. The number of amides is 2. The highest BCUT2D eigenvalue weighted by Gasteiger charge is 2.35. The summed E-state index contributed by atoms with van der Waals surface area (Å²) >= 11 is 1.36. The summed E-state index contributed by atoms with van der Waals surface area (Å²) in [7, 11) is 1.45. The molecular formula is C16H16N4O4S. The number of benzene rings is 1. The first-order valence-electron chi connectivity index (χ1n) is 7.40. The van der Waals surface area contributed by atoms with Gasteiger partial charge in [-0.1, -0.05) is 6.07 Å². The first kappa shape index (κ1) is 17.0. The fourth-order valence-corrected chi connectivity index (χ4v) is 3.41. The number of hydrogen-bond acceptors (Lipinski definition) is 7. The molecule has 2 heterocycles. The Morgan fingerprint density at radius 1 is 1.40 bits per heavy atom. The lowest BCUT2D eigenvalue weighted by Gasteiger charge is -2.24. The number of carbonyl (C=O) groups is 2. The van der Waals surface area contributed by atoms with Gasteiger partial charge in [0.25, 0.3) is 11.8 Å². The van der Waals surface area contributed by atoms with Gasteiger partial charge in [-0.15, -0.1) is 11.8 Å². The van der Waals surface area contributed by atoms with Gasteiger partial charge in [0, 0.05) is 6.20 Å². The van der Waals surface area contributed by atoms with Crippen molar-refractivity contribution in [3.05, 3.63) is 47.5 Å². The third-order valence-electron chi connectivity index (χ3n) is 3.59. The molecule has 0 aliphatic carbocycles. The van der Waals surface area contributed by atoms with Crippen molar-refractivity contribution in [3.63, 3.8) is 0 Å². The van der Waals surface area contributed by atoms with Crippen molar-refractivity contribution in [2.24, 2.45) is 0 Å². The number of nitrogens with zero attached hydrogens (tertiary/aromatic N) is 3. The van der Waals surface area contributed by atoms with Crippen LogP contribution in [0.25, 0.3) is 0 Å². The van der Waals surface area contributed by atoms with E-state index in [1.807, 2.05) is 0 Å². The molecule has 1 aliphatic heterocycles. The van der Waals surface area contributed by atoms with E-state index in [1.165, 1.54) is 42.3 Å². The maximum atomic E-state index is 12.3. The number of ether oxygens (including phenoxy) is 1. The van der Waals surface area contributed by atoms with Crippen LogP contribution in [0, 0.1) is 6.92 Å². The third kappa shape index (κ3) is 3.50. The molecule has 2 N–H and O–H groups in total. The van der Waals surface area contributed by atoms with E-state index in [9.17, 15) is 14.7 Å². The number of nitrogens with one attached hydrogen (secondary N) is 1. The smallest absolute Gasteiger partial charge is 0.290 e. The number of aromatic nitrogens is 2. The normalized spacial score (nSPS) is 16.8. The van der Waals surface area contributed by atoms with E-state index in [2.05, 4.69) is 15.4 Å². The molecule has 2 amide bonds. The van der Waals surface area contributed by atoms with Gasteiger partial charge in [-0.2, -0.15) is 0 Å². The van der Waals surface area contributed by atoms with Crippen LogP contribution >= 0.6 is 11.8 Å². The highest BCUT2D eigenvalue weighted by Crippen LogP contribution is 2.40. The third-order valence-corrected chi connectivity index (χ3v) is 4.80. The number of methoxy groups -OCH3 is 1. The van der Waals surface area contributed by atoms with Gasteiger partial charge in [0.1, 0.15) is 11.1 Å². The molecule has 1 aromatic carbocycles. The first-order valence-corrected chi connectivity index (χ1v) is 8.44. The Hall–Kier alpha value is -2.81. The summed E-state index contributed by atoms with van der Waals surface area (Å²) in [5.41, 5.74) is 4.12. The summed E-state index contributed by atoms with van der Waals surface area (Å²) in [4.78, 5) is 32.5. The summed E-state index contributed by atoms with van der Waals surface area (Å²) < 4.78 is 5.10. The van der Waals surface area contributed by atoms with Crippen LogP contribution in [-0.4, -0.2) is 44.8 Å². The second-order valence-electron chi connectivity index (χ2n) is 5.34. The molecule has 3 rings (SSSR count). The van der Waals surface area contributed by atoms with Crippen LogP contribution in [0.5, 0.6) is 11.5 Å². The van der Waals surface area contributed by atoms with Gasteiger partial charge in [-0.3, -0.25) is 20.0 Å². The molecule has 8 nitrogen and oxygen atoms in total. The largest absolute Gasteiger partial charge is 0.504 e. The summed E-state index contributed by atoms with van der Waals surface area (Å²) in [6.45, 7) is 1.77. The predicted octanol–water partition coefficient (Wildman–Crippen LogP) is 1.42. The van der Waals surface area contributed by atoms with E-state index in [4.69, 9.17) is 4.74 Å². The van der Waals surface area contributed by atoms with Crippen LogP contribution < -0.4 is 10.2 Å². The molecule has 130 valence electrons. The number of rotatable bonds is 4. The lowest BCUT2D eigenvalue weighted by molar-refractivity contribution is -0.130. The van der Waals surface area contributed by atoms with E-state index in [-0.39, 0.29) is 23.1 Å². The highest BCUT2D eigenvalue weighted by molar-refractivity contribution is 8.00. The van der Waals surface area contributed by atoms with Crippen molar-refractivity contribution in [2.75, 3.05) is 12.9 Å². The van der Waals surface area contributed by atoms with Gasteiger partial charge in [-0.25, -0.2) is 9.99 Å². The predicted molar refractivity (Wildman–Crippen MR) is 90.9 cm³/mol. The number of carbonyl (C=O) groups excluding carboxylic acids is 2. The van der Waals surface area contributed by atoms with Crippen molar-refractivity contribution in [2.45, 2.75) is 12.3 Å². The Bertz CT molecular complexity index is 812. The summed E-state index contributed by atoms with van der Waals surface area (Å²) in [6.07, 6.45) is 2.84. The zero-order chi connectivity index (χ0) is 18.0. The number of phenolic OH excluding ortho intramolecular Hbond substituents is 1. The molecule has 25 heavy (non-hydrogen) atoms. The Balaban J connectivity index is 1.82. The topological polar surface area (TPSA) is 105 Å². The molecular weight excluding hydrogens is 344 g/mol. The minimum absolute atomic E-state index is 0.00564. The summed E-state index contributed by atoms with van der Waals surface area (Å²) in [5.74, 6) is -0.206. The van der Waals surface area contributed by atoms with Crippen molar-refractivity contribution in [1.29, 1.82) is 0 Å². The second-order valence-corrected chi connectivity index (χ2v) is 6.41. The molecule has 0 bridgehead atoms. The maximum absolute atomic E-state index is 12.3. The second kappa shape index (κ2) is 6.98. The minimum Gasteiger partial charge on any atom is -0.504 e. The van der Waals surface area contributed by atoms with E-state index in [1.54, 1.807) is 19.1 Å². The molecule has 0 unspecified atom stereocenters. The molecule has 1 aliphatic rings. The van der Waals surface area contributed by atoms with Crippen LogP contribution in [0.3, 0.4) is 0 Å². The van der Waals surface area contributed by atoms with E-state index in [0.29, 0.717) is 11.4 Å². The molecule has 1 atom stereocenters. The van der Waals surface area contributed by atoms with Crippen LogP contribution in [0.15, 0.2) is 30.6 Å². The average Bonchev–Trinajstić information content (AvgIpc) is 2.96. The van der Waals surface area contributed by atoms with Crippen molar-refractivity contribution < 1.29 is 19.4 Å². The minimum atomic E-state index is -0.515. The standard InChI is InChI=1S/C16H16N4O4S/c1-9-6-18-11(7-17-9)15(23)19-20-14(22)8-25-16(20)10-3-4-12(21)13(5-10)24-2/h3-7,16,21H,8H2,1-2H3,(H,19,23)/t16-/m0/s1. The molecule has 0 radical (unpaired) electrons. The van der Waals surface area contributed by atoms with Gasteiger partial charge < -0.3 is 9.84 Å². The fraction of sp³-hybridized carbons (Fsp3) is 0.250. The number of aryl methyl sites for hydroxylation is 1. The number of phenols is 1. The maximum Gasteiger partial charge on any atom is 0.290 e. The first-order chi connectivity index (χ1) is 12.0. The molecule has 1 aromatic heterocycles. The molecule has 9 heteroatoms. The molecule has 2 aromatic rings. The van der Waals surface area contributed by atoms with E-state index >= 15 is 0 Å². The van der Waals surface area contributed by atoms with Gasteiger partial charge in [0.05, 0.1) is 24.8 Å². The number of aromatic hydroxyl groups is 1. The fourth-order valence-electron chi connectivity index (χ4n) is 2.32. The van der Waals surface area contributed by atoms with Crippen LogP contribution in [0.2, 0.25) is 0 Å². The van der Waals surface area contributed by atoms with Crippen LogP contribution in [0.4, 0.5) is 0 Å². The van der Waals surface area contributed by atoms with E-state index < -0.39 is 11.3 Å². The molecule has 1 fully saturated rings. The van der Waals surface area contributed by atoms with Gasteiger partial charge in [0.15, 0.2) is 11.5 Å². The Kier molecular flexibility index (Phi) is 4.75. The molecule has 0 spiro atoms. The van der Waals surface area contributed by atoms with Gasteiger partial charge in [0.2, 0.25) is 0 Å². The highest BCUT2D eigenvalue weighted by atomic mass is 32.2.